The van der Waals surface area contributed by atoms with Gasteiger partial charge in [-0.15, -0.1) is 0 Å². The molecule has 1 rings (SSSR count). The summed E-state index contributed by atoms with van der Waals surface area (Å²) in [5.74, 6) is 1.02. The number of ether oxygens (including phenoxy) is 1. The fourth-order valence-corrected chi connectivity index (χ4v) is 1.55. The Kier molecular flexibility index (Phi) is 4.82. The molecule has 0 aromatic heterocycles. The maximum absolute atomic E-state index is 11.3. The van der Waals surface area contributed by atoms with E-state index in [0.717, 1.165) is 16.9 Å². The highest BCUT2D eigenvalue weighted by Crippen LogP contribution is 2.18. The maximum Gasteiger partial charge on any atom is 0.147 e. The molecule has 0 saturated carbocycles. The molecule has 0 aliphatic heterocycles. The standard InChI is InChI=1S/C12H15BrO2/c1-3-15-12-5-4-9(2)10(7-12)6-11(14)8-13/h4-5,7H,3,6,8H2,1-2H3. The van der Waals surface area contributed by atoms with E-state index in [9.17, 15) is 4.79 Å². The summed E-state index contributed by atoms with van der Waals surface area (Å²) in [6.45, 7) is 4.60. The Morgan fingerprint density at radius 3 is 2.80 bits per heavy atom. The molecule has 0 unspecified atom stereocenters. The van der Waals surface area contributed by atoms with Crippen LogP contribution in [0.4, 0.5) is 0 Å². The average molecular weight is 271 g/mol. The zero-order valence-corrected chi connectivity index (χ0v) is 10.6. The van der Waals surface area contributed by atoms with Crippen LogP contribution in [0.2, 0.25) is 0 Å². The Morgan fingerprint density at radius 1 is 1.47 bits per heavy atom. The third-order valence-corrected chi connectivity index (χ3v) is 2.79. The zero-order chi connectivity index (χ0) is 11.3. The molecule has 0 atom stereocenters. The van der Waals surface area contributed by atoms with E-state index in [2.05, 4.69) is 15.9 Å². The molecule has 0 aliphatic rings. The monoisotopic (exact) mass is 270 g/mol. The van der Waals surface area contributed by atoms with Crippen LogP contribution in [0.3, 0.4) is 0 Å². The summed E-state index contributed by atoms with van der Waals surface area (Å²) >= 11 is 3.17. The number of Topliss-reactive ketones (excluding diaryl/α,β-unsaturated/α-hetero) is 1. The Balaban J connectivity index is 2.85. The van der Waals surface area contributed by atoms with Gasteiger partial charge in [0.15, 0.2) is 0 Å². The number of alkyl halides is 1. The van der Waals surface area contributed by atoms with Gasteiger partial charge in [-0.2, -0.15) is 0 Å². The van der Waals surface area contributed by atoms with Gasteiger partial charge in [0.25, 0.3) is 0 Å². The van der Waals surface area contributed by atoms with Crippen molar-refractivity contribution in [1.29, 1.82) is 0 Å². The Hall–Kier alpha value is -0.830. The highest BCUT2D eigenvalue weighted by molar-refractivity contribution is 9.09. The summed E-state index contributed by atoms with van der Waals surface area (Å²) in [7, 11) is 0. The molecule has 0 saturated heterocycles. The molecule has 1 aromatic rings. The quantitative estimate of drug-likeness (QED) is 0.770. The van der Waals surface area contributed by atoms with Gasteiger partial charge in [-0.3, -0.25) is 4.79 Å². The molecule has 0 heterocycles. The number of ketones is 1. The second-order valence-corrected chi connectivity index (χ2v) is 3.93. The van der Waals surface area contributed by atoms with E-state index in [1.165, 1.54) is 0 Å². The first-order valence-corrected chi connectivity index (χ1v) is 6.09. The van der Waals surface area contributed by atoms with Gasteiger partial charge >= 0.3 is 0 Å². The summed E-state index contributed by atoms with van der Waals surface area (Å²) in [5, 5.41) is 0.408. The second kappa shape index (κ2) is 5.91. The number of carbonyl (C=O) groups is 1. The lowest BCUT2D eigenvalue weighted by Gasteiger charge is -2.08. The molecule has 0 radical (unpaired) electrons. The van der Waals surface area contributed by atoms with Crippen LogP contribution in [0, 0.1) is 6.92 Å². The summed E-state index contributed by atoms with van der Waals surface area (Å²) < 4.78 is 5.39. The minimum atomic E-state index is 0.187. The molecule has 3 heteroatoms. The van der Waals surface area contributed by atoms with E-state index in [1.54, 1.807) is 0 Å². The van der Waals surface area contributed by atoms with Crippen molar-refractivity contribution in [2.45, 2.75) is 20.3 Å². The van der Waals surface area contributed by atoms with Crippen LogP contribution >= 0.6 is 15.9 Å². The number of benzene rings is 1. The fraction of sp³-hybridized carbons (Fsp3) is 0.417. The van der Waals surface area contributed by atoms with Crippen molar-refractivity contribution in [2.24, 2.45) is 0 Å². The Morgan fingerprint density at radius 2 is 2.20 bits per heavy atom. The molecule has 0 bridgehead atoms. The Labute approximate surface area is 98.8 Å². The van der Waals surface area contributed by atoms with Crippen LogP contribution in [0.25, 0.3) is 0 Å². The molecule has 15 heavy (non-hydrogen) atoms. The summed E-state index contributed by atoms with van der Waals surface area (Å²) in [5.41, 5.74) is 2.18. The largest absolute Gasteiger partial charge is 0.494 e. The van der Waals surface area contributed by atoms with E-state index in [-0.39, 0.29) is 5.78 Å². The lowest BCUT2D eigenvalue weighted by molar-refractivity contribution is -0.115. The minimum Gasteiger partial charge on any atom is -0.494 e. The van der Waals surface area contributed by atoms with E-state index >= 15 is 0 Å². The van der Waals surface area contributed by atoms with Crippen molar-refractivity contribution < 1.29 is 9.53 Å². The molecule has 0 fully saturated rings. The van der Waals surface area contributed by atoms with Gasteiger partial charge in [0.05, 0.1) is 11.9 Å². The number of halogens is 1. The number of aryl methyl sites for hydroxylation is 1. The first-order valence-electron chi connectivity index (χ1n) is 4.97. The van der Waals surface area contributed by atoms with Gasteiger partial charge < -0.3 is 4.74 Å². The average Bonchev–Trinajstić information content (AvgIpc) is 2.23. The number of hydrogen-bond acceptors (Lipinski definition) is 2. The molecule has 0 N–H and O–H groups in total. The van der Waals surface area contributed by atoms with Gasteiger partial charge in [0, 0.05) is 6.42 Å². The van der Waals surface area contributed by atoms with E-state index < -0.39 is 0 Å². The van der Waals surface area contributed by atoms with Crippen molar-refractivity contribution in [2.75, 3.05) is 11.9 Å². The molecule has 0 spiro atoms. The van der Waals surface area contributed by atoms with Crippen molar-refractivity contribution in [3.05, 3.63) is 29.3 Å². The summed E-state index contributed by atoms with van der Waals surface area (Å²) in [6, 6.07) is 5.86. The van der Waals surface area contributed by atoms with Gasteiger partial charge in [0.2, 0.25) is 0 Å². The smallest absolute Gasteiger partial charge is 0.147 e. The predicted octanol–water partition coefficient (Wildman–Crippen LogP) is 2.90. The van der Waals surface area contributed by atoms with Crippen LogP contribution < -0.4 is 4.74 Å². The van der Waals surface area contributed by atoms with Crippen molar-refractivity contribution in [3.63, 3.8) is 0 Å². The molecule has 2 nitrogen and oxygen atoms in total. The Bertz CT molecular complexity index is 347. The van der Waals surface area contributed by atoms with Gasteiger partial charge in [-0.1, -0.05) is 22.0 Å². The molecule has 1 aromatic carbocycles. The maximum atomic E-state index is 11.3. The molecular weight excluding hydrogens is 256 g/mol. The van der Waals surface area contributed by atoms with Gasteiger partial charge in [-0.05, 0) is 37.1 Å². The molecule has 82 valence electrons. The number of rotatable bonds is 5. The van der Waals surface area contributed by atoms with Crippen LogP contribution in [0.15, 0.2) is 18.2 Å². The SMILES string of the molecule is CCOc1ccc(C)c(CC(=O)CBr)c1. The van der Waals surface area contributed by atoms with Crippen LogP contribution in [-0.4, -0.2) is 17.7 Å². The fourth-order valence-electron chi connectivity index (χ4n) is 1.35. The number of hydrogen-bond donors (Lipinski definition) is 0. The second-order valence-electron chi connectivity index (χ2n) is 3.37. The molecule has 0 aliphatic carbocycles. The first-order chi connectivity index (χ1) is 7.17. The minimum absolute atomic E-state index is 0.187. The lowest BCUT2D eigenvalue weighted by Crippen LogP contribution is -2.05. The highest BCUT2D eigenvalue weighted by Gasteiger charge is 2.06. The van der Waals surface area contributed by atoms with Crippen molar-refractivity contribution in [1.82, 2.24) is 0 Å². The van der Waals surface area contributed by atoms with Crippen LogP contribution in [0.1, 0.15) is 18.1 Å². The summed E-state index contributed by atoms with van der Waals surface area (Å²) in [6.07, 6.45) is 0.470. The van der Waals surface area contributed by atoms with Gasteiger partial charge in [0.1, 0.15) is 11.5 Å². The van der Waals surface area contributed by atoms with Crippen LogP contribution in [-0.2, 0) is 11.2 Å². The van der Waals surface area contributed by atoms with Crippen molar-refractivity contribution in [3.8, 4) is 5.75 Å². The topological polar surface area (TPSA) is 26.3 Å². The first kappa shape index (κ1) is 12.2. The van der Waals surface area contributed by atoms with Gasteiger partial charge in [-0.25, -0.2) is 0 Å². The zero-order valence-electron chi connectivity index (χ0n) is 9.05. The third-order valence-electron chi connectivity index (χ3n) is 2.17. The van der Waals surface area contributed by atoms with Crippen LogP contribution in [0.5, 0.6) is 5.75 Å². The molecular formula is C12H15BrO2. The highest BCUT2D eigenvalue weighted by atomic mass is 79.9. The van der Waals surface area contributed by atoms with Crippen molar-refractivity contribution >= 4 is 21.7 Å². The third kappa shape index (κ3) is 3.67. The normalized spacial score (nSPS) is 10.1. The van der Waals surface area contributed by atoms with E-state index in [0.29, 0.717) is 18.4 Å². The van der Waals surface area contributed by atoms with E-state index in [1.807, 2.05) is 32.0 Å². The predicted molar refractivity (Wildman–Crippen MR) is 64.9 cm³/mol. The number of carbonyl (C=O) groups excluding carboxylic acids is 1. The lowest BCUT2D eigenvalue weighted by atomic mass is 10.0. The van der Waals surface area contributed by atoms with E-state index in [4.69, 9.17) is 4.74 Å². The molecule has 0 amide bonds. The summed E-state index contributed by atoms with van der Waals surface area (Å²) in [4.78, 5) is 11.3.